The van der Waals surface area contributed by atoms with Crippen molar-refractivity contribution in [2.24, 2.45) is 0 Å². The zero-order valence-corrected chi connectivity index (χ0v) is 21.2. The maximum absolute atomic E-state index is 13.1. The molecule has 3 rings (SSSR count). The number of nitrogens with one attached hydrogen (secondary N) is 1. The second kappa shape index (κ2) is 11.1. The monoisotopic (exact) mass is 498 g/mol. The van der Waals surface area contributed by atoms with E-state index in [9.17, 15) is 13.2 Å². The van der Waals surface area contributed by atoms with Crippen LogP contribution in [-0.4, -0.2) is 40.8 Å². The highest BCUT2D eigenvalue weighted by Gasteiger charge is 2.30. The van der Waals surface area contributed by atoms with Gasteiger partial charge in [-0.05, 0) is 68.4 Å². The third-order valence-corrected chi connectivity index (χ3v) is 6.66. The van der Waals surface area contributed by atoms with Crippen molar-refractivity contribution in [1.29, 1.82) is 0 Å². The molecule has 0 saturated carbocycles. The summed E-state index contributed by atoms with van der Waals surface area (Å²) in [7, 11) is -0.678. The maximum atomic E-state index is 13.1. The van der Waals surface area contributed by atoms with Crippen molar-refractivity contribution in [2.75, 3.05) is 24.8 Å². The van der Waals surface area contributed by atoms with Gasteiger partial charge in [0.15, 0.2) is 0 Å². The summed E-state index contributed by atoms with van der Waals surface area (Å²) in [5, 5.41) is 2.88. The molecule has 0 unspecified atom stereocenters. The van der Waals surface area contributed by atoms with Crippen molar-refractivity contribution in [1.82, 2.24) is 5.32 Å². The number of carbonyl (C=O) groups excluding carboxylic acids is 1. The number of ether oxygens (including phenoxy) is 3. The first-order valence-corrected chi connectivity index (χ1v) is 12.8. The van der Waals surface area contributed by atoms with E-state index in [1.807, 2.05) is 30.3 Å². The van der Waals surface area contributed by atoms with E-state index in [0.717, 1.165) is 10.6 Å². The highest BCUT2D eigenvalue weighted by atomic mass is 32.2. The molecule has 0 aromatic heterocycles. The summed E-state index contributed by atoms with van der Waals surface area (Å²) in [6.07, 6.45) is 1.07. The lowest BCUT2D eigenvalue weighted by Gasteiger charge is -2.29. The van der Waals surface area contributed by atoms with Crippen LogP contribution in [0.2, 0.25) is 0 Å². The Hall–Kier alpha value is -3.72. The molecule has 0 aliphatic heterocycles. The van der Waals surface area contributed by atoms with E-state index >= 15 is 0 Å². The second-order valence-corrected chi connectivity index (χ2v) is 9.84. The first-order valence-electron chi connectivity index (χ1n) is 11.0. The van der Waals surface area contributed by atoms with Gasteiger partial charge in [0.05, 0.1) is 32.2 Å². The lowest BCUT2D eigenvalue weighted by Crippen LogP contribution is -2.48. The molecule has 3 aromatic rings. The van der Waals surface area contributed by atoms with Crippen LogP contribution in [0.1, 0.15) is 25.5 Å². The molecule has 0 fully saturated rings. The maximum Gasteiger partial charge on any atom is 0.244 e. The van der Waals surface area contributed by atoms with Crippen LogP contribution >= 0.6 is 0 Å². The van der Waals surface area contributed by atoms with Crippen molar-refractivity contribution >= 4 is 21.6 Å². The van der Waals surface area contributed by atoms with E-state index in [4.69, 9.17) is 14.2 Å². The zero-order chi connectivity index (χ0) is 25.6. The fourth-order valence-electron chi connectivity index (χ4n) is 3.68. The standard InChI is InChI=1S/C26H30N2O6S/c1-18(24-17-23(32-3)15-16-25(24)33-4)27-26(29)19(2)28(35(5,30)31)20-11-13-22(14-12-20)34-21-9-7-6-8-10-21/h6-19H,1-5H3,(H,27,29)/t18-,19-/m1/s1. The summed E-state index contributed by atoms with van der Waals surface area (Å²) in [6, 6.07) is 19.6. The topological polar surface area (TPSA) is 94.2 Å². The van der Waals surface area contributed by atoms with Crippen LogP contribution in [0, 0.1) is 0 Å². The van der Waals surface area contributed by atoms with Gasteiger partial charge >= 0.3 is 0 Å². The van der Waals surface area contributed by atoms with E-state index < -0.39 is 28.0 Å². The summed E-state index contributed by atoms with van der Waals surface area (Å²) in [4.78, 5) is 13.1. The van der Waals surface area contributed by atoms with Crippen LogP contribution in [0.25, 0.3) is 0 Å². The molecule has 0 radical (unpaired) electrons. The normalized spacial score (nSPS) is 12.8. The van der Waals surface area contributed by atoms with Crippen LogP contribution in [0.4, 0.5) is 5.69 Å². The Balaban J connectivity index is 1.80. The van der Waals surface area contributed by atoms with Gasteiger partial charge in [0.25, 0.3) is 0 Å². The minimum atomic E-state index is -3.77. The number of hydrogen-bond acceptors (Lipinski definition) is 6. The smallest absolute Gasteiger partial charge is 0.244 e. The molecule has 1 amide bonds. The number of amides is 1. The lowest BCUT2D eigenvalue weighted by molar-refractivity contribution is -0.122. The summed E-state index contributed by atoms with van der Waals surface area (Å²) in [5.74, 6) is 1.95. The molecule has 3 aromatic carbocycles. The van der Waals surface area contributed by atoms with Gasteiger partial charge in [-0.2, -0.15) is 0 Å². The number of carbonyl (C=O) groups is 1. The van der Waals surface area contributed by atoms with Gasteiger partial charge in [-0.1, -0.05) is 18.2 Å². The molecule has 0 saturated heterocycles. The number of anilines is 1. The Labute approximate surface area is 206 Å². The predicted molar refractivity (Wildman–Crippen MR) is 136 cm³/mol. The summed E-state index contributed by atoms with van der Waals surface area (Å²) in [5.41, 5.74) is 1.06. The average molecular weight is 499 g/mol. The van der Waals surface area contributed by atoms with Crippen LogP contribution in [0.15, 0.2) is 72.8 Å². The Kier molecular flexibility index (Phi) is 8.24. The Morgan fingerprint density at radius 2 is 1.46 bits per heavy atom. The molecule has 1 N–H and O–H groups in total. The second-order valence-electron chi connectivity index (χ2n) is 7.98. The first kappa shape index (κ1) is 25.9. The van der Waals surface area contributed by atoms with Crippen LogP contribution in [-0.2, 0) is 14.8 Å². The van der Waals surface area contributed by atoms with Gasteiger partial charge in [0.2, 0.25) is 15.9 Å². The molecule has 0 bridgehead atoms. The van der Waals surface area contributed by atoms with E-state index in [-0.39, 0.29) is 0 Å². The van der Waals surface area contributed by atoms with Crippen LogP contribution < -0.4 is 23.8 Å². The number of para-hydroxylation sites is 1. The van der Waals surface area contributed by atoms with Gasteiger partial charge < -0.3 is 19.5 Å². The first-order chi connectivity index (χ1) is 16.6. The molecule has 0 spiro atoms. The molecule has 0 aliphatic carbocycles. The van der Waals surface area contributed by atoms with E-state index in [0.29, 0.717) is 34.2 Å². The van der Waals surface area contributed by atoms with Crippen molar-refractivity contribution in [3.8, 4) is 23.0 Å². The quantitative estimate of drug-likeness (QED) is 0.441. The number of sulfonamides is 1. The van der Waals surface area contributed by atoms with Gasteiger partial charge in [-0.25, -0.2) is 8.42 Å². The summed E-state index contributed by atoms with van der Waals surface area (Å²) in [6.45, 7) is 3.34. The third kappa shape index (κ3) is 6.45. The molecule has 0 heterocycles. The van der Waals surface area contributed by atoms with E-state index in [1.54, 1.807) is 70.5 Å². The van der Waals surface area contributed by atoms with Gasteiger partial charge in [-0.15, -0.1) is 0 Å². The Morgan fingerprint density at radius 3 is 2.03 bits per heavy atom. The number of rotatable bonds is 10. The zero-order valence-electron chi connectivity index (χ0n) is 20.4. The molecule has 2 atom stereocenters. The SMILES string of the molecule is COc1ccc(OC)c([C@@H](C)NC(=O)[C@@H](C)N(c2ccc(Oc3ccccc3)cc2)S(C)(=O)=O)c1. The Bertz CT molecular complexity index is 1250. The largest absolute Gasteiger partial charge is 0.497 e. The van der Waals surface area contributed by atoms with E-state index in [2.05, 4.69) is 5.32 Å². The number of nitrogens with zero attached hydrogens (tertiary/aromatic N) is 1. The van der Waals surface area contributed by atoms with Crippen molar-refractivity contribution in [2.45, 2.75) is 25.9 Å². The average Bonchev–Trinajstić information content (AvgIpc) is 2.84. The fraction of sp³-hybridized carbons (Fsp3) is 0.269. The van der Waals surface area contributed by atoms with E-state index in [1.165, 1.54) is 0 Å². The Morgan fingerprint density at radius 1 is 0.857 bits per heavy atom. The van der Waals surface area contributed by atoms with Crippen molar-refractivity contribution in [3.63, 3.8) is 0 Å². The highest BCUT2D eigenvalue weighted by molar-refractivity contribution is 7.92. The number of hydrogen-bond donors (Lipinski definition) is 1. The van der Waals surface area contributed by atoms with Gasteiger partial charge in [-0.3, -0.25) is 9.10 Å². The summed E-state index contributed by atoms with van der Waals surface area (Å²) >= 11 is 0. The van der Waals surface area contributed by atoms with Crippen molar-refractivity contribution in [3.05, 3.63) is 78.4 Å². The molecule has 35 heavy (non-hydrogen) atoms. The number of methoxy groups -OCH3 is 2. The molecular weight excluding hydrogens is 468 g/mol. The summed E-state index contributed by atoms with van der Waals surface area (Å²) < 4.78 is 42.9. The lowest BCUT2D eigenvalue weighted by atomic mass is 10.1. The fourth-order valence-corrected chi connectivity index (χ4v) is 4.86. The molecule has 9 heteroatoms. The minimum Gasteiger partial charge on any atom is -0.497 e. The molecule has 8 nitrogen and oxygen atoms in total. The van der Waals surface area contributed by atoms with Gasteiger partial charge in [0, 0.05) is 5.56 Å². The van der Waals surface area contributed by atoms with Crippen LogP contribution in [0.3, 0.4) is 0 Å². The molecule has 186 valence electrons. The molecule has 0 aliphatic rings. The minimum absolute atomic E-state index is 0.349. The van der Waals surface area contributed by atoms with Crippen molar-refractivity contribution < 1.29 is 27.4 Å². The molecular formula is C26H30N2O6S. The third-order valence-electron chi connectivity index (χ3n) is 5.42. The number of benzene rings is 3. The van der Waals surface area contributed by atoms with Crippen LogP contribution in [0.5, 0.6) is 23.0 Å². The highest BCUT2D eigenvalue weighted by Crippen LogP contribution is 2.30. The predicted octanol–water partition coefficient (Wildman–Crippen LogP) is 4.53. The van der Waals surface area contributed by atoms with Gasteiger partial charge in [0.1, 0.15) is 29.0 Å².